The largest absolute Gasteiger partial charge is 0.310 e. The fraction of sp³-hybridized carbons (Fsp3) is 0.812. The Morgan fingerprint density at radius 3 is 2.67 bits per heavy atom. The number of hydrogen-bond acceptors (Lipinski definition) is 5. The molecule has 1 saturated heterocycles. The van der Waals surface area contributed by atoms with Gasteiger partial charge in [0.2, 0.25) is 0 Å². The first-order valence-electron chi connectivity index (χ1n) is 7.80. The summed E-state index contributed by atoms with van der Waals surface area (Å²) in [7, 11) is 2.23. The van der Waals surface area contributed by atoms with Crippen molar-refractivity contribution in [2.45, 2.75) is 58.7 Å². The van der Waals surface area contributed by atoms with Crippen LogP contribution in [-0.2, 0) is 12.0 Å². The van der Waals surface area contributed by atoms with Crippen molar-refractivity contribution in [3.05, 3.63) is 15.6 Å². The summed E-state index contributed by atoms with van der Waals surface area (Å²) in [4.78, 5) is 8.93. The Balaban J connectivity index is 2.26. The summed E-state index contributed by atoms with van der Waals surface area (Å²) < 4.78 is 0. The van der Waals surface area contributed by atoms with E-state index >= 15 is 0 Å². The van der Waals surface area contributed by atoms with Crippen LogP contribution in [0.25, 0.3) is 0 Å². The van der Waals surface area contributed by atoms with Crippen LogP contribution in [0.1, 0.15) is 56.2 Å². The molecule has 1 N–H and O–H groups in total. The van der Waals surface area contributed by atoms with E-state index < -0.39 is 0 Å². The summed E-state index contributed by atoms with van der Waals surface area (Å²) in [5.74, 6) is 2.41. The fourth-order valence-corrected chi connectivity index (χ4v) is 5.18. The van der Waals surface area contributed by atoms with Gasteiger partial charge in [0.05, 0.1) is 11.7 Å². The molecule has 0 amide bonds. The third kappa shape index (κ3) is 4.44. The Morgan fingerprint density at radius 1 is 1.38 bits per heavy atom. The molecule has 3 nitrogen and oxygen atoms in total. The molecule has 1 aliphatic heterocycles. The van der Waals surface area contributed by atoms with Gasteiger partial charge in [-0.15, -0.1) is 11.3 Å². The zero-order valence-corrected chi connectivity index (χ0v) is 15.8. The van der Waals surface area contributed by atoms with E-state index in [0.29, 0.717) is 12.1 Å². The van der Waals surface area contributed by atoms with E-state index in [1.54, 1.807) is 0 Å². The molecule has 1 unspecified atom stereocenters. The molecular formula is C16H29N3S2. The van der Waals surface area contributed by atoms with Crippen LogP contribution >= 0.6 is 23.1 Å². The lowest BCUT2D eigenvalue weighted by Crippen LogP contribution is -2.32. The smallest absolute Gasteiger partial charge is 0.111 e. The van der Waals surface area contributed by atoms with Crippen LogP contribution in [-0.4, -0.2) is 41.0 Å². The summed E-state index contributed by atoms with van der Waals surface area (Å²) in [6.07, 6.45) is 0. The van der Waals surface area contributed by atoms with E-state index in [1.165, 1.54) is 33.6 Å². The van der Waals surface area contributed by atoms with Gasteiger partial charge < -0.3 is 5.32 Å². The Bertz CT molecular complexity index is 463. The second-order valence-electron chi connectivity index (χ2n) is 7.18. The minimum Gasteiger partial charge on any atom is -0.310 e. The van der Waals surface area contributed by atoms with E-state index in [0.717, 1.165) is 6.54 Å². The highest BCUT2D eigenvalue weighted by atomic mass is 32.2. The van der Waals surface area contributed by atoms with Crippen molar-refractivity contribution < 1.29 is 0 Å². The van der Waals surface area contributed by atoms with Crippen molar-refractivity contribution in [2.24, 2.45) is 0 Å². The molecular weight excluding hydrogens is 298 g/mol. The van der Waals surface area contributed by atoms with E-state index in [-0.39, 0.29) is 5.41 Å². The molecule has 0 saturated carbocycles. The van der Waals surface area contributed by atoms with Gasteiger partial charge in [0.25, 0.3) is 0 Å². The number of nitrogens with zero attached hydrogens (tertiary/aromatic N) is 2. The second kappa shape index (κ2) is 6.99. The van der Waals surface area contributed by atoms with Crippen LogP contribution < -0.4 is 5.32 Å². The molecule has 0 spiro atoms. The van der Waals surface area contributed by atoms with Gasteiger partial charge in [-0.05, 0) is 7.05 Å². The number of nitrogens with one attached hydrogen (secondary N) is 1. The van der Waals surface area contributed by atoms with Crippen molar-refractivity contribution in [1.29, 1.82) is 0 Å². The van der Waals surface area contributed by atoms with Crippen LogP contribution in [0.4, 0.5) is 0 Å². The summed E-state index contributed by atoms with van der Waals surface area (Å²) >= 11 is 3.96. The highest BCUT2D eigenvalue weighted by Gasteiger charge is 2.29. The molecule has 0 aromatic carbocycles. The first-order valence-corrected chi connectivity index (χ1v) is 9.77. The first kappa shape index (κ1) is 17.3. The lowest BCUT2D eigenvalue weighted by atomic mass is 9.91. The molecule has 2 heterocycles. The van der Waals surface area contributed by atoms with E-state index in [4.69, 9.17) is 4.98 Å². The Hall–Kier alpha value is -0.100. The Labute approximate surface area is 137 Å². The molecule has 120 valence electrons. The van der Waals surface area contributed by atoms with E-state index in [9.17, 15) is 0 Å². The molecule has 0 bridgehead atoms. The zero-order valence-electron chi connectivity index (χ0n) is 14.2. The monoisotopic (exact) mass is 327 g/mol. The number of aromatic nitrogens is 1. The van der Waals surface area contributed by atoms with Gasteiger partial charge in [0.15, 0.2) is 0 Å². The van der Waals surface area contributed by atoms with Crippen molar-refractivity contribution in [1.82, 2.24) is 15.2 Å². The summed E-state index contributed by atoms with van der Waals surface area (Å²) in [5.41, 5.74) is 1.39. The zero-order chi connectivity index (χ0) is 15.6. The molecule has 5 heteroatoms. The molecule has 0 aliphatic carbocycles. The highest BCUT2D eigenvalue weighted by Crippen LogP contribution is 2.36. The summed E-state index contributed by atoms with van der Waals surface area (Å²) in [6, 6.07) is 0.999. The van der Waals surface area contributed by atoms with E-state index in [2.05, 4.69) is 63.6 Å². The van der Waals surface area contributed by atoms with Gasteiger partial charge in [0.1, 0.15) is 5.01 Å². The summed E-state index contributed by atoms with van der Waals surface area (Å²) in [6.45, 7) is 13.3. The van der Waals surface area contributed by atoms with E-state index in [1.807, 2.05) is 11.3 Å². The molecule has 21 heavy (non-hydrogen) atoms. The van der Waals surface area contributed by atoms with Gasteiger partial charge in [-0.25, -0.2) is 4.98 Å². The van der Waals surface area contributed by atoms with Gasteiger partial charge in [0, 0.05) is 40.9 Å². The minimum absolute atomic E-state index is 0.114. The van der Waals surface area contributed by atoms with Crippen LogP contribution in [0.2, 0.25) is 0 Å². The van der Waals surface area contributed by atoms with Gasteiger partial charge in [-0.3, -0.25) is 4.90 Å². The normalized spacial score (nSPS) is 21.2. The van der Waals surface area contributed by atoms with Gasteiger partial charge in [-0.1, -0.05) is 34.6 Å². The number of thiazole rings is 1. The van der Waals surface area contributed by atoms with Crippen molar-refractivity contribution in [3.63, 3.8) is 0 Å². The number of hydrogen-bond donors (Lipinski definition) is 1. The van der Waals surface area contributed by atoms with Crippen LogP contribution in [0.3, 0.4) is 0 Å². The predicted molar refractivity (Wildman–Crippen MR) is 95.5 cm³/mol. The van der Waals surface area contributed by atoms with Crippen molar-refractivity contribution in [2.75, 3.05) is 25.1 Å². The second-order valence-corrected chi connectivity index (χ2v) is 9.45. The third-order valence-corrected chi connectivity index (χ3v) is 5.96. The van der Waals surface area contributed by atoms with Crippen LogP contribution in [0.15, 0.2) is 0 Å². The molecule has 1 aromatic heterocycles. The SMILES string of the molecule is CC(C)NCc1sc(C2CSCCN2C)nc1C(C)(C)C. The maximum atomic E-state index is 5.06. The molecule has 2 rings (SSSR count). The topological polar surface area (TPSA) is 28.2 Å². The predicted octanol–water partition coefficient (Wildman–Crippen LogP) is 3.66. The van der Waals surface area contributed by atoms with Crippen LogP contribution in [0, 0.1) is 0 Å². The molecule has 1 fully saturated rings. The first-order chi connectivity index (χ1) is 9.79. The highest BCUT2D eigenvalue weighted by molar-refractivity contribution is 7.99. The lowest BCUT2D eigenvalue weighted by Gasteiger charge is -2.30. The molecule has 0 radical (unpaired) electrons. The average molecular weight is 328 g/mol. The standard InChI is InChI=1S/C16H29N3S2/c1-11(2)17-9-13-14(16(3,4)5)18-15(21-13)12-10-20-8-7-19(12)6/h11-12,17H,7-10H2,1-6H3. The van der Waals surface area contributed by atoms with Crippen LogP contribution in [0.5, 0.6) is 0 Å². The molecule has 1 aromatic rings. The van der Waals surface area contributed by atoms with Gasteiger partial charge >= 0.3 is 0 Å². The van der Waals surface area contributed by atoms with Gasteiger partial charge in [-0.2, -0.15) is 11.8 Å². The maximum absolute atomic E-state index is 5.06. The maximum Gasteiger partial charge on any atom is 0.111 e. The average Bonchev–Trinajstić information content (AvgIpc) is 2.81. The Kier molecular flexibility index (Phi) is 5.74. The Morgan fingerprint density at radius 2 is 2.10 bits per heavy atom. The lowest BCUT2D eigenvalue weighted by molar-refractivity contribution is 0.273. The number of thioether (sulfide) groups is 1. The number of rotatable bonds is 4. The quantitative estimate of drug-likeness (QED) is 0.913. The fourth-order valence-electron chi connectivity index (χ4n) is 2.46. The van der Waals surface area contributed by atoms with Crippen molar-refractivity contribution in [3.8, 4) is 0 Å². The summed E-state index contributed by atoms with van der Waals surface area (Å²) in [5, 5.41) is 4.85. The third-order valence-electron chi connectivity index (χ3n) is 3.78. The van der Waals surface area contributed by atoms with Crippen molar-refractivity contribution >= 4 is 23.1 Å². The molecule has 1 aliphatic rings. The minimum atomic E-state index is 0.114. The molecule has 1 atom stereocenters.